The summed E-state index contributed by atoms with van der Waals surface area (Å²) in [5, 5.41) is 31.0. The van der Waals surface area contributed by atoms with Gasteiger partial charge in [0.25, 0.3) is 0 Å². The zero-order chi connectivity index (χ0) is 25.6. The van der Waals surface area contributed by atoms with Gasteiger partial charge in [0, 0.05) is 6.42 Å². The van der Waals surface area contributed by atoms with Crippen LogP contribution >= 0.6 is 0 Å². The van der Waals surface area contributed by atoms with Gasteiger partial charge in [0.2, 0.25) is 0 Å². The molecular formula is C30H44O5. The van der Waals surface area contributed by atoms with E-state index in [1.54, 1.807) is 13.8 Å². The predicted octanol–water partition coefficient (Wildman–Crippen LogP) is 5.02. The Morgan fingerprint density at radius 3 is 2.57 bits per heavy atom. The quantitative estimate of drug-likeness (QED) is 0.364. The van der Waals surface area contributed by atoms with Crippen LogP contribution in [0.5, 0.6) is 0 Å². The Morgan fingerprint density at radius 1 is 1.20 bits per heavy atom. The van der Waals surface area contributed by atoms with Crippen molar-refractivity contribution in [1.29, 1.82) is 0 Å². The minimum atomic E-state index is -0.970. The van der Waals surface area contributed by atoms with E-state index in [0.717, 1.165) is 30.4 Å². The van der Waals surface area contributed by atoms with Crippen molar-refractivity contribution >= 4 is 5.97 Å². The van der Waals surface area contributed by atoms with Gasteiger partial charge in [0.05, 0.1) is 30.8 Å². The molecule has 0 amide bonds. The van der Waals surface area contributed by atoms with Gasteiger partial charge in [-0.3, -0.25) is 4.79 Å². The Balaban J connectivity index is 1.52. The van der Waals surface area contributed by atoms with E-state index in [1.807, 2.05) is 6.08 Å². The fraction of sp³-hybridized carbons (Fsp3) is 0.700. The van der Waals surface area contributed by atoms with E-state index in [9.17, 15) is 20.1 Å². The summed E-state index contributed by atoms with van der Waals surface area (Å²) in [6.07, 6.45) is 15.4. The second-order valence-corrected chi connectivity index (χ2v) is 12.4. The van der Waals surface area contributed by atoms with Gasteiger partial charge in [0.15, 0.2) is 0 Å². The molecule has 6 atom stereocenters. The lowest BCUT2D eigenvalue weighted by Crippen LogP contribution is -2.38. The standard InChI is InChI=1S/C30H44O5/c1-19-21(17-22(31)18-24(19)32)9-8-20-7-6-13-29(4)23(20)10-11-25(29)30(15-16-30)14-12-26(33)28(2,3)27(34)35-5/h8-9,12,14,22-26,31-33H,1,6-7,10-11,13,15-18H2,2-5H3/t22-,23+,24+,25+,26-,29+/m1/s1. The molecule has 0 bridgehead atoms. The van der Waals surface area contributed by atoms with Crippen molar-refractivity contribution in [3.63, 3.8) is 0 Å². The number of carbonyl (C=O) groups is 1. The first-order valence-electron chi connectivity index (χ1n) is 13.4. The molecule has 0 saturated heterocycles. The Bertz CT molecular complexity index is 936. The van der Waals surface area contributed by atoms with Crippen molar-refractivity contribution in [1.82, 2.24) is 0 Å². The minimum absolute atomic E-state index is 0.115. The maximum Gasteiger partial charge on any atom is 0.314 e. The Hall–Kier alpha value is -1.69. The lowest BCUT2D eigenvalue weighted by Gasteiger charge is -2.45. The number of aliphatic hydroxyl groups is 3. The molecule has 0 aromatic carbocycles. The number of fused-ring (bicyclic) bond motifs is 1. The molecule has 35 heavy (non-hydrogen) atoms. The number of rotatable bonds is 6. The molecule has 5 nitrogen and oxygen atoms in total. The van der Waals surface area contributed by atoms with Crippen LogP contribution in [0, 0.1) is 28.1 Å². The molecule has 4 fully saturated rings. The van der Waals surface area contributed by atoms with Crippen LogP contribution < -0.4 is 0 Å². The first kappa shape index (κ1) is 26.4. The topological polar surface area (TPSA) is 87.0 Å². The number of hydrogen-bond donors (Lipinski definition) is 3. The van der Waals surface area contributed by atoms with Gasteiger partial charge in [0.1, 0.15) is 0 Å². The molecule has 4 aliphatic rings. The molecule has 194 valence electrons. The number of hydrogen-bond acceptors (Lipinski definition) is 5. The van der Waals surface area contributed by atoms with E-state index in [0.29, 0.717) is 24.7 Å². The average molecular weight is 485 g/mol. The molecular weight excluding hydrogens is 440 g/mol. The number of allylic oxidation sites excluding steroid dienone is 4. The summed E-state index contributed by atoms with van der Waals surface area (Å²) in [5.74, 6) is 0.700. The Labute approximate surface area is 210 Å². The summed E-state index contributed by atoms with van der Waals surface area (Å²) in [5.41, 5.74) is 2.56. The Morgan fingerprint density at radius 2 is 1.91 bits per heavy atom. The van der Waals surface area contributed by atoms with Crippen LogP contribution in [-0.2, 0) is 9.53 Å². The minimum Gasteiger partial charge on any atom is -0.469 e. The van der Waals surface area contributed by atoms with Crippen molar-refractivity contribution < 1.29 is 24.9 Å². The summed E-state index contributed by atoms with van der Waals surface area (Å²) >= 11 is 0. The van der Waals surface area contributed by atoms with E-state index < -0.39 is 29.7 Å². The van der Waals surface area contributed by atoms with Gasteiger partial charge in [-0.15, -0.1) is 0 Å². The predicted molar refractivity (Wildman–Crippen MR) is 137 cm³/mol. The number of carbonyl (C=O) groups excluding carboxylic acids is 1. The van der Waals surface area contributed by atoms with Gasteiger partial charge >= 0.3 is 5.97 Å². The summed E-state index contributed by atoms with van der Waals surface area (Å²) < 4.78 is 4.89. The highest BCUT2D eigenvalue weighted by molar-refractivity contribution is 5.76. The number of ether oxygens (including phenoxy) is 1. The third-order valence-corrected chi connectivity index (χ3v) is 9.81. The molecule has 0 aromatic heterocycles. The van der Waals surface area contributed by atoms with Gasteiger partial charge in [-0.2, -0.15) is 0 Å². The molecule has 4 rings (SSSR count). The highest BCUT2D eigenvalue weighted by Gasteiger charge is 2.60. The van der Waals surface area contributed by atoms with Gasteiger partial charge in [-0.25, -0.2) is 0 Å². The molecule has 0 heterocycles. The fourth-order valence-corrected chi connectivity index (χ4v) is 7.33. The lowest BCUT2D eigenvalue weighted by atomic mass is 9.60. The van der Waals surface area contributed by atoms with Crippen LogP contribution in [0.4, 0.5) is 0 Å². The molecule has 4 aliphatic carbocycles. The fourth-order valence-electron chi connectivity index (χ4n) is 7.33. The van der Waals surface area contributed by atoms with Crippen LogP contribution in [0.3, 0.4) is 0 Å². The zero-order valence-corrected chi connectivity index (χ0v) is 21.9. The van der Waals surface area contributed by atoms with Crippen molar-refractivity contribution in [2.75, 3.05) is 7.11 Å². The van der Waals surface area contributed by atoms with Crippen LogP contribution in [0.2, 0.25) is 0 Å². The highest BCUT2D eigenvalue weighted by Crippen LogP contribution is 2.69. The largest absolute Gasteiger partial charge is 0.469 e. The van der Waals surface area contributed by atoms with Crippen molar-refractivity contribution in [3.8, 4) is 0 Å². The second kappa shape index (κ2) is 9.64. The smallest absolute Gasteiger partial charge is 0.314 e. The van der Waals surface area contributed by atoms with E-state index in [1.165, 1.54) is 38.4 Å². The third kappa shape index (κ3) is 4.84. The van der Waals surface area contributed by atoms with Crippen molar-refractivity contribution in [3.05, 3.63) is 47.6 Å². The third-order valence-electron chi connectivity index (χ3n) is 9.81. The summed E-state index contributed by atoms with van der Waals surface area (Å²) in [7, 11) is 1.36. The van der Waals surface area contributed by atoms with Gasteiger partial charge in [-0.05, 0) is 99.0 Å². The maximum absolute atomic E-state index is 12.1. The molecule has 0 aromatic rings. The average Bonchev–Trinajstić information content (AvgIpc) is 3.51. The maximum atomic E-state index is 12.1. The van der Waals surface area contributed by atoms with Crippen LogP contribution in [-0.4, -0.2) is 46.7 Å². The van der Waals surface area contributed by atoms with Gasteiger partial charge < -0.3 is 20.1 Å². The second-order valence-electron chi connectivity index (χ2n) is 12.4. The molecule has 4 saturated carbocycles. The molecule has 0 radical (unpaired) electrons. The van der Waals surface area contributed by atoms with Crippen molar-refractivity contribution in [2.45, 2.75) is 96.9 Å². The molecule has 0 aliphatic heterocycles. The number of aliphatic hydroxyl groups excluding tert-OH is 3. The highest BCUT2D eigenvalue weighted by atomic mass is 16.5. The SMILES string of the molecule is C=C1C(=CC=C2CCC[C@]3(C)[C@@H](C4(C=C[C@@H](O)C(C)(C)C(=O)OC)CC4)CC[C@@H]23)C[C@@H](O)C[C@@H]1O. The molecule has 3 N–H and O–H groups in total. The van der Waals surface area contributed by atoms with Crippen molar-refractivity contribution in [2.24, 2.45) is 28.1 Å². The van der Waals surface area contributed by atoms with E-state index in [4.69, 9.17) is 4.74 Å². The van der Waals surface area contributed by atoms with E-state index in [-0.39, 0.29) is 10.8 Å². The normalized spacial score (nSPS) is 38.1. The lowest BCUT2D eigenvalue weighted by molar-refractivity contribution is -0.155. The van der Waals surface area contributed by atoms with Crippen LogP contribution in [0.25, 0.3) is 0 Å². The summed E-state index contributed by atoms with van der Waals surface area (Å²) in [4.78, 5) is 12.1. The number of esters is 1. The number of methoxy groups -OCH3 is 1. The first-order valence-corrected chi connectivity index (χ1v) is 13.4. The van der Waals surface area contributed by atoms with Crippen LogP contribution in [0.1, 0.15) is 78.6 Å². The van der Waals surface area contributed by atoms with E-state index in [2.05, 4.69) is 31.7 Å². The molecule has 5 heteroatoms. The van der Waals surface area contributed by atoms with Crippen LogP contribution in [0.15, 0.2) is 47.6 Å². The first-order chi connectivity index (χ1) is 16.4. The molecule has 0 spiro atoms. The van der Waals surface area contributed by atoms with Gasteiger partial charge in [-0.1, -0.05) is 43.4 Å². The van der Waals surface area contributed by atoms with E-state index >= 15 is 0 Å². The summed E-state index contributed by atoms with van der Waals surface area (Å²) in [6.45, 7) is 9.98. The Kier molecular flexibility index (Phi) is 7.27. The summed E-state index contributed by atoms with van der Waals surface area (Å²) in [6, 6.07) is 0. The molecule has 0 unspecified atom stereocenters. The monoisotopic (exact) mass is 484 g/mol. The zero-order valence-electron chi connectivity index (χ0n) is 21.9.